The molecule has 0 radical (unpaired) electrons. The zero-order chi connectivity index (χ0) is 13.4. The maximum Gasteiger partial charge on any atom is 0.171 e. The van der Waals surface area contributed by atoms with Crippen molar-refractivity contribution in [2.45, 2.75) is 0 Å². The van der Waals surface area contributed by atoms with Gasteiger partial charge in [0, 0.05) is 11.6 Å². The molecule has 3 rings (SSSR count). The van der Waals surface area contributed by atoms with Crippen molar-refractivity contribution < 1.29 is 13.2 Å². The summed E-state index contributed by atoms with van der Waals surface area (Å²) in [4.78, 5) is 4.16. The summed E-state index contributed by atoms with van der Waals surface area (Å²) in [6, 6.07) is 12.3. The second-order valence-corrected chi connectivity index (χ2v) is 4.11. The summed E-state index contributed by atoms with van der Waals surface area (Å²) in [6.07, 6.45) is 0. The minimum absolute atomic E-state index is 0.0951. The van der Waals surface area contributed by atoms with Crippen LogP contribution in [0.2, 0.25) is 0 Å². The van der Waals surface area contributed by atoms with Crippen molar-refractivity contribution in [1.29, 1.82) is 0 Å². The monoisotopic (exact) mass is 259 g/mol. The summed E-state index contributed by atoms with van der Waals surface area (Å²) in [7, 11) is 0. The number of aromatic nitrogens is 1. The molecular formula is C15H8F3N. The Balaban J connectivity index is 2.30. The molecular weight excluding hydrogens is 251 g/mol. The van der Waals surface area contributed by atoms with Gasteiger partial charge in [-0.05, 0) is 12.1 Å². The minimum atomic E-state index is -1.21. The molecule has 0 spiro atoms. The Morgan fingerprint density at radius 1 is 0.789 bits per heavy atom. The van der Waals surface area contributed by atoms with E-state index in [9.17, 15) is 13.2 Å². The van der Waals surface area contributed by atoms with Crippen LogP contribution in [-0.4, -0.2) is 4.98 Å². The molecule has 4 heteroatoms. The van der Waals surface area contributed by atoms with E-state index in [4.69, 9.17) is 0 Å². The van der Waals surface area contributed by atoms with E-state index in [0.29, 0.717) is 11.3 Å². The molecule has 2 aromatic carbocycles. The zero-order valence-electron chi connectivity index (χ0n) is 9.70. The third-order valence-electron chi connectivity index (χ3n) is 2.89. The second kappa shape index (κ2) is 4.39. The first-order chi connectivity index (χ1) is 9.16. The normalized spacial score (nSPS) is 10.9. The van der Waals surface area contributed by atoms with Crippen LogP contribution in [0, 0.1) is 17.5 Å². The third kappa shape index (κ3) is 1.95. The summed E-state index contributed by atoms with van der Waals surface area (Å²) in [5, 5.41) is -0.417. The fourth-order valence-electron chi connectivity index (χ4n) is 1.97. The van der Waals surface area contributed by atoms with Gasteiger partial charge in [0.15, 0.2) is 11.6 Å². The minimum Gasteiger partial charge on any atom is -0.247 e. The molecule has 0 aliphatic heterocycles. The number of benzene rings is 2. The molecule has 1 heterocycles. The molecule has 1 nitrogen and oxygen atoms in total. The summed E-state index contributed by atoms with van der Waals surface area (Å²) in [5.41, 5.74) is 1.20. The van der Waals surface area contributed by atoms with Crippen molar-refractivity contribution in [3.05, 3.63) is 66.0 Å². The lowest BCUT2D eigenvalue weighted by Crippen LogP contribution is -1.94. The van der Waals surface area contributed by atoms with Crippen molar-refractivity contribution in [3.63, 3.8) is 0 Å². The molecule has 0 aliphatic rings. The van der Waals surface area contributed by atoms with Gasteiger partial charge in [0.25, 0.3) is 0 Å². The van der Waals surface area contributed by atoms with Gasteiger partial charge in [-0.1, -0.05) is 30.3 Å². The summed E-state index contributed by atoms with van der Waals surface area (Å²) < 4.78 is 40.5. The topological polar surface area (TPSA) is 12.9 Å². The van der Waals surface area contributed by atoms with E-state index in [1.807, 2.05) is 6.07 Å². The highest BCUT2D eigenvalue weighted by Gasteiger charge is 2.14. The number of hydrogen-bond acceptors (Lipinski definition) is 1. The van der Waals surface area contributed by atoms with E-state index in [2.05, 4.69) is 4.98 Å². The molecule has 0 fully saturated rings. The van der Waals surface area contributed by atoms with E-state index in [1.165, 1.54) is 6.07 Å². The standard InChI is InChI=1S/C15H8F3N/c16-10-6-7-12-14(15(10)18)11(17)8-13(19-12)9-4-2-1-3-5-9/h1-8H. The molecule has 3 aromatic rings. The molecule has 94 valence electrons. The van der Waals surface area contributed by atoms with E-state index in [1.54, 1.807) is 24.3 Å². The van der Waals surface area contributed by atoms with Crippen molar-refractivity contribution >= 4 is 10.9 Å². The smallest absolute Gasteiger partial charge is 0.171 e. The SMILES string of the molecule is Fc1ccc2nc(-c3ccccc3)cc(F)c2c1F. The van der Waals surface area contributed by atoms with E-state index in [-0.39, 0.29) is 5.52 Å². The first kappa shape index (κ1) is 11.7. The molecule has 0 saturated heterocycles. The van der Waals surface area contributed by atoms with Crippen molar-refractivity contribution in [1.82, 2.24) is 4.98 Å². The van der Waals surface area contributed by atoms with Crippen LogP contribution in [0.25, 0.3) is 22.2 Å². The highest BCUT2D eigenvalue weighted by atomic mass is 19.2. The van der Waals surface area contributed by atoms with Gasteiger partial charge in [-0.3, -0.25) is 0 Å². The van der Waals surface area contributed by atoms with Gasteiger partial charge in [-0.2, -0.15) is 0 Å². The molecule has 0 atom stereocenters. The van der Waals surface area contributed by atoms with Gasteiger partial charge in [0.2, 0.25) is 0 Å². The number of hydrogen-bond donors (Lipinski definition) is 0. The Kier molecular flexibility index (Phi) is 2.71. The molecule has 0 bridgehead atoms. The van der Waals surface area contributed by atoms with Crippen molar-refractivity contribution in [3.8, 4) is 11.3 Å². The van der Waals surface area contributed by atoms with Crippen LogP contribution in [0.3, 0.4) is 0 Å². The average Bonchev–Trinajstić information content (AvgIpc) is 2.43. The summed E-state index contributed by atoms with van der Waals surface area (Å²) in [5.74, 6) is -3.11. The average molecular weight is 259 g/mol. The number of fused-ring (bicyclic) bond motifs is 1. The summed E-state index contributed by atoms with van der Waals surface area (Å²) in [6.45, 7) is 0. The predicted octanol–water partition coefficient (Wildman–Crippen LogP) is 4.32. The van der Waals surface area contributed by atoms with Crippen LogP contribution in [0.4, 0.5) is 13.2 Å². The fourth-order valence-corrected chi connectivity index (χ4v) is 1.97. The quantitative estimate of drug-likeness (QED) is 0.634. The van der Waals surface area contributed by atoms with Crippen LogP contribution >= 0.6 is 0 Å². The number of nitrogens with zero attached hydrogens (tertiary/aromatic N) is 1. The van der Waals surface area contributed by atoms with Gasteiger partial charge < -0.3 is 0 Å². The van der Waals surface area contributed by atoms with Crippen LogP contribution in [0.15, 0.2) is 48.5 Å². The Labute approximate surface area is 107 Å². The zero-order valence-corrected chi connectivity index (χ0v) is 9.70. The van der Waals surface area contributed by atoms with E-state index >= 15 is 0 Å². The van der Waals surface area contributed by atoms with Crippen molar-refractivity contribution in [2.24, 2.45) is 0 Å². The van der Waals surface area contributed by atoms with Gasteiger partial charge in [0.1, 0.15) is 5.82 Å². The molecule has 19 heavy (non-hydrogen) atoms. The predicted molar refractivity (Wildman–Crippen MR) is 67.1 cm³/mol. The Morgan fingerprint density at radius 2 is 1.53 bits per heavy atom. The van der Waals surface area contributed by atoms with Gasteiger partial charge in [-0.25, -0.2) is 18.2 Å². The first-order valence-electron chi connectivity index (χ1n) is 5.66. The van der Waals surface area contributed by atoms with Gasteiger partial charge in [-0.15, -0.1) is 0 Å². The molecule has 1 aromatic heterocycles. The van der Waals surface area contributed by atoms with E-state index in [0.717, 1.165) is 12.1 Å². The van der Waals surface area contributed by atoms with Crippen LogP contribution in [0.5, 0.6) is 0 Å². The molecule has 0 aliphatic carbocycles. The Hall–Kier alpha value is -2.36. The van der Waals surface area contributed by atoms with Crippen molar-refractivity contribution in [2.75, 3.05) is 0 Å². The lowest BCUT2D eigenvalue weighted by Gasteiger charge is -2.06. The lowest BCUT2D eigenvalue weighted by atomic mass is 10.1. The lowest BCUT2D eigenvalue weighted by molar-refractivity contribution is 0.511. The highest BCUT2D eigenvalue weighted by Crippen LogP contribution is 2.26. The van der Waals surface area contributed by atoms with Crippen LogP contribution in [-0.2, 0) is 0 Å². The summed E-state index contributed by atoms with van der Waals surface area (Å²) >= 11 is 0. The Morgan fingerprint density at radius 3 is 2.26 bits per heavy atom. The molecule has 0 unspecified atom stereocenters. The van der Waals surface area contributed by atoms with Gasteiger partial charge in [0.05, 0.1) is 16.6 Å². The van der Waals surface area contributed by atoms with E-state index < -0.39 is 22.8 Å². The second-order valence-electron chi connectivity index (χ2n) is 4.11. The van der Waals surface area contributed by atoms with Crippen LogP contribution < -0.4 is 0 Å². The molecule has 0 saturated carbocycles. The van der Waals surface area contributed by atoms with Gasteiger partial charge >= 0.3 is 0 Å². The number of rotatable bonds is 1. The van der Waals surface area contributed by atoms with Crippen LogP contribution in [0.1, 0.15) is 0 Å². The Bertz CT molecular complexity index is 754. The maximum absolute atomic E-state index is 13.9. The third-order valence-corrected chi connectivity index (χ3v) is 2.89. The molecule has 0 N–H and O–H groups in total. The maximum atomic E-state index is 13.9. The molecule has 0 amide bonds. The first-order valence-corrected chi connectivity index (χ1v) is 5.66. The number of halogens is 3. The largest absolute Gasteiger partial charge is 0.247 e. The highest BCUT2D eigenvalue weighted by molar-refractivity contribution is 5.83. The number of pyridine rings is 1. The fraction of sp³-hybridized carbons (Fsp3) is 0.